The molecule has 3 rings (SSSR count). The number of methoxy groups -OCH3 is 1. The molecule has 0 spiro atoms. The van der Waals surface area contributed by atoms with E-state index in [1.165, 1.54) is 7.11 Å². The molecule has 0 fully saturated rings. The van der Waals surface area contributed by atoms with Gasteiger partial charge in [0.15, 0.2) is 10.8 Å². The van der Waals surface area contributed by atoms with E-state index in [2.05, 4.69) is 9.97 Å². The number of H-pyrrole nitrogens is 1. The van der Waals surface area contributed by atoms with E-state index in [9.17, 15) is 4.79 Å². The lowest BCUT2D eigenvalue weighted by atomic mass is 10.1. The van der Waals surface area contributed by atoms with Crippen LogP contribution in [0, 0.1) is 4.77 Å². The number of nitrogens with zero attached hydrogens (tertiary/aromatic N) is 2. The van der Waals surface area contributed by atoms with Gasteiger partial charge in [0, 0.05) is 6.20 Å². The highest BCUT2D eigenvalue weighted by molar-refractivity contribution is 7.71. The Morgan fingerprint density at radius 1 is 1.33 bits per heavy atom. The van der Waals surface area contributed by atoms with E-state index in [4.69, 9.17) is 17.0 Å². The van der Waals surface area contributed by atoms with Crippen molar-refractivity contribution in [2.75, 3.05) is 7.11 Å². The summed E-state index contributed by atoms with van der Waals surface area (Å²) in [6.45, 7) is 0. The number of rotatable bonds is 3. The molecule has 1 aromatic carbocycles. The van der Waals surface area contributed by atoms with Crippen LogP contribution in [0.2, 0.25) is 0 Å². The summed E-state index contributed by atoms with van der Waals surface area (Å²) in [6, 6.07) is 10.6. The van der Waals surface area contributed by atoms with Crippen LogP contribution in [0.25, 0.3) is 11.0 Å². The van der Waals surface area contributed by atoms with Crippen LogP contribution in [0.1, 0.15) is 11.6 Å². The molecule has 0 radical (unpaired) electrons. The Morgan fingerprint density at radius 3 is 2.81 bits per heavy atom. The summed E-state index contributed by atoms with van der Waals surface area (Å²) in [4.78, 5) is 19.4. The van der Waals surface area contributed by atoms with Crippen LogP contribution in [0.4, 0.5) is 0 Å². The minimum absolute atomic E-state index is 0.366. The maximum atomic E-state index is 12.3. The maximum Gasteiger partial charge on any atom is 0.333 e. The van der Waals surface area contributed by atoms with Gasteiger partial charge in [-0.2, -0.15) is 0 Å². The van der Waals surface area contributed by atoms with E-state index in [1.54, 1.807) is 17.0 Å². The van der Waals surface area contributed by atoms with Gasteiger partial charge in [-0.15, -0.1) is 0 Å². The zero-order valence-corrected chi connectivity index (χ0v) is 12.1. The van der Waals surface area contributed by atoms with Crippen molar-refractivity contribution in [3.63, 3.8) is 0 Å². The van der Waals surface area contributed by atoms with Crippen molar-refractivity contribution >= 4 is 29.2 Å². The van der Waals surface area contributed by atoms with E-state index >= 15 is 0 Å². The van der Waals surface area contributed by atoms with Gasteiger partial charge in [-0.25, -0.2) is 4.79 Å². The van der Waals surface area contributed by atoms with E-state index in [0.29, 0.717) is 4.77 Å². The van der Waals surface area contributed by atoms with Crippen LogP contribution in [-0.4, -0.2) is 27.6 Å². The number of carbonyl (C=O) groups is 1. The van der Waals surface area contributed by atoms with Crippen LogP contribution < -0.4 is 0 Å². The second kappa shape index (κ2) is 5.49. The van der Waals surface area contributed by atoms with Crippen molar-refractivity contribution in [2.24, 2.45) is 0 Å². The second-order valence-corrected chi connectivity index (χ2v) is 4.92. The molecule has 1 N–H and O–H groups in total. The third kappa shape index (κ3) is 2.34. The van der Waals surface area contributed by atoms with Gasteiger partial charge in [-0.05, 0) is 23.8 Å². The number of hydrogen-bond donors (Lipinski definition) is 1. The van der Waals surface area contributed by atoms with Crippen molar-refractivity contribution in [3.05, 3.63) is 59.1 Å². The summed E-state index contributed by atoms with van der Waals surface area (Å²) >= 11 is 5.37. The fourth-order valence-electron chi connectivity index (χ4n) is 2.37. The van der Waals surface area contributed by atoms with Crippen molar-refractivity contribution < 1.29 is 9.53 Å². The summed E-state index contributed by atoms with van der Waals surface area (Å²) in [5.41, 5.74) is 2.42. The van der Waals surface area contributed by atoms with E-state index in [1.807, 2.05) is 36.4 Å². The Kier molecular flexibility index (Phi) is 3.53. The molecule has 6 heteroatoms. The van der Waals surface area contributed by atoms with Gasteiger partial charge in [0.2, 0.25) is 0 Å². The molecule has 0 amide bonds. The maximum absolute atomic E-state index is 12.3. The number of esters is 1. The molecule has 0 aliphatic rings. The molecule has 0 saturated heterocycles. The monoisotopic (exact) mass is 299 g/mol. The minimum atomic E-state index is -0.625. The number of benzene rings is 1. The lowest BCUT2D eigenvalue weighted by Gasteiger charge is -2.17. The number of fused-ring (bicyclic) bond motifs is 1. The Morgan fingerprint density at radius 2 is 2.10 bits per heavy atom. The second-order valence-electron chi connectivity index (χ2n) is 4.53. The number of ether oxygens (including phenoxy) is 1. The first-order chi connectivity index (χ1) is 10.2. The summed E-state index contributed by atoms with van der Waals surface area (Å²) < 4.78 is 7.17. The molecular formula is C15H13N3O2S. The van der Waals surface area contributed by atoms with Gasteiger partial charge in [-0.3, -0.25) is 9.55 Å². The average Bonchev–Trinajstić information content (AvgIpc) is 2.85. The standard InChI is InChI=1S/C15H13N3O2S/c1-20-14(19)13(10-5-3-2-4-6-10)18-12-7-8-16-9-11(12)17-15(18)21/h2-9,13H,1H3,(H,17,21). The van der Waals surface area contributed by atoms with Gasteiger partial charge in [0.1, 0.15) is 0 Å². The van der Waals surface area contributed by atoms with E-state index < -0.39 is 6.04 Å². The molecule has 3 aromatic rings. The molecular weight excluding hydrogens is 286 g/mol. The zero-order chi connectivity index (χ0) is 14.8. The van der Waals surface area contributed by atoms with Gasteiger partial charge < -0.3 is 9.72 Å². The molecule has 0 aliphatic carbocycles. The summed E-state index contributed by atoms with van der Waals surface area (Å²) in [7, 11) is 1.37. The fraction of sp³-hybridized carbons (Fsp3) is 0.133. The van der Waals surface area contributed by atoms with Crippen molar-refractivity contribution in [3.8, 4) is 0 Å². The number of aromatic nitrogens is 3. The number of imidazole rings is 1. The van der Waals surface area contributed by atoms with Crippen molar-refractivity contribution in [1.82, 2.24) is 14.5 Å². The highest BCUT2D eigenvalue weighted by Gasteiger charge is 2.25. The molecule has 0 bridgehead atoms. The van der Waals surface area contributed by atoms with Gasteiger partial charge in [0.05, 0.1) is 24.3 Å². The summed E-state index contributed by atoms with van der Waals surface area (Å²) in [5.74, 6) is -0.366. The van der Waals surface area contributed by atoms with E-state index in [0.717, 1.165) is 16.6 Å². The smallest absolute Gasteiger partial charge is 0.333 e. The molecule has 0 aliphatic heterocycles. The lowest BCUT2D eigenvalue weighted by Crippen LogP contribution is -2.22. The summed E-state index contributed by atoms with van der Waals surface area (Å²) in [6.07, 6.45) is 3.35. The van der Waals surface area contributed by atoms with Crippen molar-refractivity contribution in [1.29, 1.82) is 0 Å². The Bertz CT molecular complexity index is 839. The number of carbonyl (C=O) groups excluding carboxylic acids is 1. The van der Waals surface area contributed by atoms with Crippen molar-refractivity contribution in [2.45, 2.75) is 6.04 Å². The normalized spacial score (nSPS) is 12.2. The summed E-state index contributed by atoms with van der Waals surface area (Å²) in [5, 5.41) is 0. The topological polar surface area (TPSA) is 59.9 Å². The lowest BCUT2D eigenvalue weighted by molar-refractivity contribution is -0.143. The predicted octanol–water partition coefficient (Wildman–Crippen LogP) is 2.86. The third-order valence-electron chi connectivity index (χ3n) is 3.32. The van der Waals surface area contributed by atoms with Gasteiger partial charge in [0.25, 0.3) is 0 Å². The van der Waals surface area contributed by atoms with Crippen LogP contribution in [-0.2, 0) is 9.53 Å². The first-order valence-corrected chi connectivity index (χ1v) is 6.80. The Balaban J connectivity index is 2.27. The molecule has 2 aromatic heterocycles. The molecule has 1 atom stereocenters. The predicted molar refractivity (Wildman–Crippen MR) is 81.5 cm³/mol. The highest BCUT2D eigenvalue weighted by Crippen LogP contribution is 2.25. The van der Waals surface area contributed by atoms with Crippen LogP contribution in [0.3, 0.4) is 0 Å². The largest absolute Gasteiger partial charge is 0.467 e. The highest BCUT2D eigenvalue weighted by atomic mass is 32.1. The van der Waals surface area contributed by atoms with E-state index in [-0.39, 0.29) is 5.97 Å². The molecule has 0 saturated carbocycles. The minimum Gasteiger partial charge on any atom is -0.467 e. The molecule has 1 unspecified atom stereocenters. The van der Waals surface area contributed by atoms with Crippen LogP contribution >= 0.6 is 12.2 Å². The first-order valence-electron chi connectivity index (χ1n) is 6.39. The van der Waals surface area contributed by atoms with Crippen LogP contribution in [0.5, 0.6) is 0 Å². The third-order valence-corrected chi connectivity index (χ3v) is 3.61. The molecule has 5 nitrogen and oxygen atoms in total. The Hall–Kier alpha value is -2.47. The molecule has 2 heterocycles. The number of aromatic amines is 1. The average molecular weight is 299 g/mol. The first kappa shape index (κ1) is 13.5. The molecule has 106 valence electrons. The fourth-order valence-corrected chi connectivity index (χ4v) is 2.69. The Labute approximate surface area is 126 Å². The number of nitrogens with one attached hydrogen (secondary N) is 1. The number of pyridine rings is 1. The number of hydrogen-bond acceptors (Lipinski definition) is 4. The SMILES string of the molecule is COC(=O)C(c1ccccc1)n1c(=S)[nH]c2cnccc21. The molecule has 21 heavy (non-hydrogen) atoms. The van der Waals surface area contributed by atoms with Crippen LogP contribution in [0.15, 0.2) is 48.8 Å². The van der Waals surface area contributed by atoms with Gasteiger partial charge >= 0.3 is 5.97 Å². The zero-order valence-electron chi connectivity index (χ0n) is 11.3. The quantitative estimate of drug-likeness (QED) is 0.597. The van der Waals surface area contributed by atoms with Gasteiger partial charge in [-0.1, -0.05) is 30.3 Å².